The minimum Gasteiger partial charge on any atom is -0.326 e. The molecule has 0 aliphatic heterocycles. The van der Waals surface area contributed by atoms with Crippen molar-refractivity contribution < 1.29 is 27.2 Å². The van der Waals surface area contributed by atoms with Crippen molar-refractivity contribution in [2.45, 2.75) is 20.0 Å². The number of hydrogen-bond acceptors (Lipinski definition) is 2. The first kappa shape index (κ1) is 16.9. The predicted octanol–water partition coefficient (Wildman–Crippen LogP) is 2.48. The van der Waals surface area contributed by atoms with E-state index in [0.29, 0.717) is 10.5 Å². The Bertz CT molecular complexity index is 543. The molecule has 1 N–H and O–H groups in total. The summed E-state index contributed by atoms with van der Waals surface area (Å²) < 4.78 is 50.3. The van der Waals surface area contributed by atoms with Crippen molar-refractivity contribution in [1.29, 1.82) is 0 Å². The number of nitrogens with one attached hydrogen (secondary N) is 1. The lowest BCUT2D eigenvalue weighted by Gasteiger charge is -2.21. The number of alkyl halides is 3. The Hall–Kier alpha value is -2.12. The van der Waals surface area contributed by atoms with Crippen LogP contribution >= 0.6 is 0 Å². The van der Waals surface area contributed by atoms with E-state index in [9.17, 15) is 27.2 Å². The molecule has 0 atom stereocenters. The number of likely N-dealkylation sites (N-methyl/N-ethyl adjacent to an activating group) is 1. The minimum absolute atomic E-state index is 0.253. The summed E-state index contributed by atoms with van der Waals surface area (Å²) in [5, 5.41) is 1.98. The number of benzene rings is 1. The van der Waals surface area contributed by atoms with Crippen LogP contribution in [0.25, 0.3) is 0 Å². The number of carbonyl (C=O) groups excluding carboxylic acids is 2. The number of hydrogen-bond donors (Lipinski definition) is 1. The van der Waals surface area contributed by atoms with E-state index in [0.717, 1.165) is 6.07 Å². The molecule has 0 fully saturated rings. The minimum atomic E-state index is -4.61. The fourth-order valence-electron chi connectivity index (χ4n) is 1.60. The fraction of sp³-hybridized carbons (Fsp3) is 0.385. The molecule has 0 aliphatic carbocycles. The van der Waals surface area contributed by atoms with E-state index in [-0.39, 0.29) is 12.2 Å². The summed E-state index contributed by atoms with van der Waals surface area (Å²) in [4.78, 5) is 23.6. The van der Waals surface area contributed by atoms with Crippen molar-refractivity contribution in [3.63, 3.8) is 0 Å². The Morgan fingerprint density at radius 2 is 1.90 bits per heavy atom. The van der Waals surface area contributed by atoms with Crippen LogP contribution in [0.1, 0.15) is 12.5 Å². The Morgan fingerprint density at radius 1 is 1.29 bits per heavy atom. The number of carbonyl (C=O) groups is 2. The van der Waals surface area contributed by atoms with Gasteiger partial charge in [0.25, 0.3) is 0 Å². The topological polar surface area (TPSA) is 49.4 Å². The number of nitrogens with zero attached hydrogens (tertiary/aromatic N) is 1. The number of halogens is 4. The van der Waals surface area contributed by atoms with E-state index in [2.05, 4.69) is 0 Å². The average molecular weight is 306 g/mol. The van der Waals surface area contributed by atoms with Crippen LogP contribution in [0.3, 0.4) is 0 Å². The molecule has 0 saturated heterocycles. The highest BCUT2D eigenvalue weighted by Gasteiger charge is 2.34. The van der Waals surface area contributed by atoms with Crippen molar-refractivity contribution in [3.8, 4) is 0 Å². The van der Waals surface area contributed by atoms with Gasteiger partial charge in [-0.05, 0) is 31.5 Å². The van der Waals surface area contributed by atoms with Crippen LogP contribution in [0, 0.1) is 12.7 Å². The second-order valence-electron chi connectivity index (χ2n) is 4.37. The van der Waals surface area contributed by atoms with Gasteiger partial charge in [0.15, 0.2) is 0 Å². The van der Waals surface area contributed by atoms with Crippen LogP contribution in [0.15, 0.2) is 18.2 Å². The van der Waals surface area contributed by atoms with Crippen LogP contribution in [0.5, 0.6) is 0 Å². The molecule has 1 aromatic carbocycles. The molecule has 4 nitrogen and oxygen atoms in total. The Balaban J connectivity index is 2.82. The number of anilines is 1. The quantitative estimate of drug-likeness (QED) is 0.689. The van der Waals surface area contributed by atoms with Gasteiger partial charge in [-0.3, -0.25) is 9.59 Å². The fourth-order valence-corrected chi connectivity index (χ4v) is 1.60. The molecule has 0 heterocycles. The zero-order chi connectivity index (χ0) is 16.2. The maximum absolute atomic E-state index is 13.4. The lowest BCUT2D eigenvalue weighted by molar-refractivity contribution is -0.163. The van der Waals surface area contributed by atoms with Crippen molar-refractivity contribution in [3.05, 3.63) is 29.6 Å². The smallest absolute Gasteiger partial charge is 0.326 e. The zero-order valence-electron chi connectivity index (χ0n) is 11.4. The largest absolute Gasteiger partial charge is 0.406 e. The third-order valence-electron chi connectivity index (χ3n) is 2.60. The molecule has 0 unspecified atom stereocenters. The highest BCUT2D eigenvalue weighted by Crippen LogP contribution is 2.18. The molecule has 21 heavy (non-hydrogen) atoms. The predicted molar refractivity (Wildman–Crippen MR) is 68.1 cm³/mol. The highest BCUT2D eigenvalue weighted by atomic mass is 19.4. The first-order chi connectivity index (χ1) is 9.64. The average Bonchev–Trinajstić information content (AvgIpc) is 2.38. The third-order valence-corrected chi connectivity index (χ3v) is 2.60. The normalized spacial score (nSPS) is 11.1. The monoisotopic (exact) mass is 306 g/mol. The maximum Gasteiger partial charge on any atom is 0.406 e. The van der Waals surface area contributed by atoms with Gasteiger partial charge in [0.2, 0.25) is 0 Å². The molecule has 0 bridgehead atoms. The summed E-state index contributed by atoms with van der Waals surface area (Å²) in [5.41, 5.74) is 0.373. The first-order valence-electron chi connectivity index (χ1n) is 6.07. The molecule has 0 spiro atoms. The van der Waals surface area contributed by atoms with Gasteiger partial charge in [-0.15, -0.1) is 0 Å². The van der Waals surface area contributed by atoms with E-state index in [4.69, 9.17) is 0 Å². The van der Waals surface area contributed by atoms with Gasteiger partial charge in [-0.25, -0.2) is 4.39 Å². The van der Waals surface area contributed by atoms with Crippen molar-refractivity contribution in [1.82, 2.24) is 4.90 Å². The molecular formula is C13H14F4N2O2. The van der Waals surface area contributed by atoms with Gasteiger partial charge < -0.3 is 10.2 Å². The SMILES string of the molecule is CCN(CC(F)(F)F)C(=O)C(=O)Nc1cc(C)ccc1F. The molecule has 0 radical (unpaired) electrons. The van der Waals surface area contributed by atoms with E-state index in [1.165, 1.54) is 19.1 Å². The van der Waals surface area contributed by atoms with Crippen molar-refractivity contribution in [2.24, 2.45) is 0 Å². The molecule has 1 rings (SSSR count). The van der Waals surface area contributed by atoms with Gasteiger partial charge in [-0.1, -0.05) is 6.07 Å². The summed E-state index contributed by atoms with van der Waals surface area (Å²) in [5.74, 6) is -3.46. The molecular weight excluding hydrogens is 292 g/mol. The first-order valence-corrected chi connectivity index (χ1v) is 6.07. The lowest BCUT2D eigenvalue weighted by atomic mass is 10.2. The second kappa shape index (κ2) is 6.55. The van der Waals surface area contributed by atoms with Crippen LogP contribution in [0.4, 0.5) is 23.2 Å². The molecule has 2 amide bonds. The molecule has 1 aromatic rings. The molecule has 116 valence electrons. The molecule has 0 aromatic heterocycles. The number of aryl methyl sites for hydroxylation is 1. The van der Waals surface area contributed by atoms with E-state index < -0.39 is 30.4 Å². The summed E-state index contributed by atoms with van der Waals surface area (Å²) in [7, 11) is 0. The Labute approximate surface area is 118 Å². The van der Waals surface area contributed by atoms with E-state index in [1.54, 1.807) is 6.92 Å². The van der Waals surface area contributed by atoms with Crippen LogP contribution < -0.4 is 5.32 Å². The number of rotatable bonds is 3. The summed E-state index contributed by atoms with van der Waals surface area (Å²) in [6.07, 6.45) is -4.61. The van der Waals surface area contributed by atoms with Crippen LogP contribution in [-0.4, -0.2) is 36.0 Å². The Kier molecular flexibility index (Phi) is 5.28. The third kappa shape index (κ3) is 5.05. The highest BCUT2D eigenvalue weighted by molar-refractivity contribution is 6.39. The van der Waals surface area contributed by atoms with Gasteiger partial charge >= 0.3 is 18.0 Å². The van der Waals surface area contributed by atoms with Crippen molar-refractivity contribution in [2.75, 3.05) is 18.4 Å². The standard InChI is InChI=1S/C13H14F4N2O2/c1-3-19(7-13(15,16)17)12(21)11(20)18-10-6-8(2)4-5-9(10)14/h4-6H,3,7H2,1-2H3,(H,18,20). The van der Waals surface area contributed by atoms with Crippen LogP contribution in [-0.2, 0) is 9.59 Å². The summed E-state index contributed by atoms with van der Waals surface area (Å²) in [6.45, 7) is 1.12. The zero-order valence-corrected chi connectivity index (χ0v) is 11.4. The van der Waals surface area contributed by atoms with Gasteiger partial charge in [0.05, 0.1) is 5.69 Å². The lowest BCUT2D eigenvalue weighted by Crippen LogP contribution is -2.44. The van der Waals surface area contributed by atoms with Crippen molar-refractivity contribution >= 4 is 17.5 Å². The molecule has 8 heteroatoms. The van der Waals surface area contributed by atoms with E-state index in [1.807, 2.05) is 5.32 Å². The second-order valence-corrected chi connectivity index (χ2v) is 4.37. The van der Waals surface area contributed by atoms with Gasteiger partial charge in [0, 0.05) is 6.54 Å². The van der Waals surface area contributed by atoms with Crippen LogP contribution in [0.2, 0.25) is 0 Å². The Morgan fingerprint density at radius 3 is 2.43 bits per heavy atom. The summed E-state index contributed by atoms with van der Waals surface area (Å²) >= 11 is 0. The maximum atomic E-state index is 13.4. The van der Waals surface area contributed by atoms with E-state index >= 15 is 0 Å². The number of amides is 2. The summed E-state index contributed by atoms with van der Waals surface area (Å²) in [6, 6.07) is 3.82. The van der Waals surface area contributed by atoms with Gasteiger partial charge in [-0.2, -0.15) is 13.2 Å². The van der Waals surface area contributed by atoms with Gasteiger partial charge in [0.1, 0.15) is 12.4 Å². The molecule has 0 saturated carbocycles. The molecule has 0 aliphatic rings.